The minimum atomic E-state index is -3.66. The molecular formula is C11H14N4O3S2. The van der Waals surface area contributed by atoms with Crippen LogP contribution in [0, 0.1) is 0 Å². The lowest BCUT2D eigenvalue weighted by Crippen LogP contribution is -2.38. The van der Waals surface area contributed by atoms with Crippen LogP contribution in [0.25, 0.3) is 0 Å². The Kier molecular flexibility index (Phi) is 4.31. The summed E-state index contributed by atoms with van der Waals surface area (Å²) < 4.78 is 26.5. The minimum Gasteiger partial charge on any atom is -0.388 e. The van der Waals surface area contributed by atoms with Crippen molar-refractivity contribution in [2.45, 2.75) is 23.8 Å². The number of aromatic nitrogens is 1. The second kappa shape index (κ2) is 5.81. The van der Waals surface area contributed by atoms with Gasteiger partial charge >= 0.3 is 0 Å². The molecule has 0 bridgehead atoms. The van der Waals surface area contributed by atoms with Gasteiger partial charge in [-0.3, -0.25) is 9.78 Å². The van der Waals surface area contributed by atoms with Gasteiger partial charge in [0.1, 0.15) is 9.88 Å². The van der Waals surface area contributed by atoms with Gasteiger partial charge in [0, 0.05) is 25.2 Å². The zero-order valence-corrected chi connectivity index (χ0v) is 12.1. The van der Waals surface area contributed by atoms with Crippen molar-refractivity contribution in [1.82, 2.24) is 15.0 Å². The summed E-state index contributed by atoms with van der Waals surface area (Å²) in [6, 6.07) is 2.67. The Morgan fingerprint density at radius 1 is 1.55 bits per heavy atom. The molecule has 108 valence electrons. The van der Waals surface area contributed by atoms with E-state index in [4.69, 9.17) is 18.0 Å². The average molecular weight is 314 g/mol. The molecule has 0 aromatic carbocycles. The summed E-state index contributed by atoms with van der Waals surface area (Å²) in [6.07, 6.45) is 2.25. The fourth-order valence-electron chi connectivity index (χ4n) is 1.81. The number of thiocarbonyl (C=S) groups is 1. The molecule has 1 amide bonds. The van der Waals surface area contributed by atoms with Gasteiger partial charge in [-0.05, 0) is 18.6 Å². The van der Waals surface area contributed by atoms with E-state index in [9.17, 15) is 13.2 Å². The Labute approximate surface area is 122 Å². The highest BCUT2D eigenvalue weighted by Gasteiger charge is 2.23. The molecule has 1 saturated heterocycles. The van der Waals surface area contributed by atoms with Crippen LogP contribution < -0.4 is 15.8 Å². The number of nitrogens with two attached hydrogens (primary N) is 1. The molecule has 1 aliphatic heterocycles. The fraction of sp³-hybridized carbons (Fsp3) is 0.364. The largest absolute Gasteiger partial charge is 0.388 e. The SMILES string of the molecule is NC(=S)c1ccc(S(=O)(=O)NCC2CCC(=O)N2)cn1. The normalized spacial score (nSPS) is 18.8. The fourth-order valence-corrected chi connectivity index (χ4v) is 2.96. The van der Waals surface area contributed by atoms with Crippen LogP contribution >= 0.6 is 12.2 Å². The second-order valence-electron chi connectivity index (χ2n) is 4.40. The van der Waals surface area contributed by atoms with Gasteiger partial charge in [0.05, 0.1) is 5.69 Å². The molecule has 1 unspecified atom stereocenters. The van der Waals surface area contributed by atoms with Crippen LogP contribution in [-0.2, 0) is 14.8 Å². The number of hydrogen-bond donors (Lipinski definition) is 3. The number of hydrogen-bond acceptors (Lipinski definition) is 5. The second-order valence-corrected chi connectivity index (χ2v) is 6.61. The molecule has 2 rings (SSSR count). The molecule has 7 nitrogen and oxygen atoms in total. The molecule has 1 aromatic heterocycles. The number of rotatable bonds is 5. The quantitative estimate of drug-likeness (QED) is 0.618. The average Bonchev–Trinajstić information content (AvgIpc) is 2.82. The van der Waals surface area contributed by atoms with Crippen LogP contribution in [0.4, 0.5) is 0 Å². The molecule has 2 heterocycles. The molecule has 1 aliphatic rings. The van der Waals surface area contributed by atoms with Crippen LogP contribution in [0.2, 0.25) is 0 Å². The summed E-state index contributed by atoms with van der Waals surface area (Å²) in [5.74, 6) is -0.0586. The van der Waals surface area contributed by atoms with E-state index >= 15 is 0 Å². The first-order valence-electron chi connectivity index (χ1n) is 5.93. The van der Waals surface area contributed by atoms with Gasteiger partial charge in [0.25, 0.3) is 0 Å². The van der Waals surface area contributed by atoms with E-state index in [1.165, 1.54) is 18.3 Å². The van der Waals surface area contributed by atoms with Gasteiger partial charge in [0.2, 0.25) is 15.9 Å². The molecule has 1 aromatic rings. The Hall–Kier alpha value is -1.58. The standard InChI is InChI=1S/C11H14N4O3S2/c12-11(19)9-3-2-8(6-13-9)20(17,18)14-5-7-1-4-10(16)15-7/h2-3,6-7,14H,1,4-5H2,(H2,12,19)(H,15,16). The molecule has 4 N–H and O–H groups in total. The Bertz CT molecular complexity index is 628. The molecule has 0 radical (unpaired) electrons. The third kappa shape index (κ3) is 3.50. The highest BCUT2D eigenvalue weighted by Crippen LogP contribution is 2.10. The van der Waals surface area contributed by atoms with E-state index in [0.29, 0.717) is 18.5 Å². The van der Waals surface area contributed by atoms with E-state index in [-0.39, 0.29) is 28.4 Å². The van der Waals surface area contributed by atoms with Crippen molar-refractivity contribution >= 4 is 33.1 Å². The van der Waals surface area contributed by atoms with E-state index in [0.717, 1.165) is 0 Å². The highest BCUT2D eigenvalue weighted by molar-refractivity contribution is 7.89. The van der Waals surface area contributed by atoms with Crippen molar-refractivity contribution in [1.29, 1.82) is 0 Å². The predicted octanol–water partition coefficient (Wildman–Crippen LogP) is -0.727. The molecule has 1 atom stereocenters. The number of sulfonamides is 1. The van der Waals surface area contributed by atoms with Crippen molar-refractivity contribution in [3.8, 4) is 0 Å². The molecular weight excluding hydrogens is 300 g/mol. The van der Waals surface area contributed by atoms with E-state index < -0.39 is 10.0 Å². The maximum Gasteiger partial charge on any atom is 0.242 e. The topological polar surface area (TPSA) is 114 Å². The van der Waals surface area contributed by atoms with Crippen LogP contribution in [0.3, 0.4) is 0 Å². The Balaban J connectivity index is 2.02. The summed E-state index contributed by atoms with van der Waals surface area (Å²) in [5, 5.41) is 2.69. The van der Waals surface area contributed by atoms with Gasteiger partial charge < -0.3 is 11.1 Å². The third-order valence-corrected chi connectivity index (χ3v) is 4.52. The molecule has 20 heavy (non-hydrogen) atoms. The van der Waals surface area contributed by atoms with Crippen LogP contribution in [0.15, 0.2) is 23.2 Å². The molecule has 1 fully saturated rings. The third-order valence-electron chi connectivity index (χ3n) is 2.90. The lowest BCUT2D eigenvalue weighted by atomic mass is 10.2. The molecule has 0 saturated carbocycles. The summed E-state index contributed by atoms with van der Waals surface area (Å²) >= 11 is 4.74. The van der Waals surface area contributed by atoms with Gasteiger partial charge in [-0.25, -0.2) is 13.1 Å². The maximum absolute atomic E-state index is 12.0. The summed E-state index contributed by atoms with van der Waals surface area (Å²) in [7, 11) is -3.66. The first kappa shape index (κ1) is 14.8. The van der Waals surface area contributed by atoms with E-state index in [1.54, 1.807) is 0 Å². The smallest absolute Gasteiger partial charge is 0.242 e. The van der Waals surface area contributed by atoms with Crippen LogP contribution in [0.5, 0.6) is 0 Å². The minimum absolute atomic E-state index is 0.0295. The summed E-state index contributed by atoms with van der Waals surface area (Å²) in [6.45, 7) is 0.158. The summed E-state index contributed by atoms with van der Waals surface area (Å²) in [5.41, 5.74) is 5.75. The van der Waals surface area contributed by atoms with Gasteiger partial charge in [-0.1, -0.05) is 12.2 Å². The lowest BCUT2D eigenvalue weighted by molar-refractivity contribution is -0.119. The van der Waals surface area contributed by atoms with Crippen molar-refractivity contribution in [2.75, 3.05) is 6.54 Å². The Morgan fingerprint density at radius 3 is 2.80 bits per heavy atom. The zero-order chi connectivity index (χ0) is 14.8. The number of pyridine rings is 1. The number of carbonyl (C=O) groups excluding carboxylic acids is 1. The van der Waals surface area contributed by atoms with Gasteiger partial charge in [-0.2, -0.15) is 0 Å². The van der Waals surface area contributed by atoms with Crippen LogP contribution in [0.1, 0.15) is 18.5 Å². The zero-order valence-electron chi connectivity index (χ0n) is 10.5. The number of nitrogens with zero attached hydrogens (tertiary/aromatic N) is 1. The molecule has 0 aliphatic carbocycles. The van der Waals surface area contributed by atoms with Gasteiger partial charge in [0.15, 0.2) is 0 Å². The number of nitrogens with one attached hydrogen (secondary N) is 2. The highest BCUT2D eigenvalue weighted by atomic mass is 32.2. The molecule has 0 spiro atoms. The van der Waals surface area contributed by atoms with Crippen molar-refractivity contribution in [3.63, 3.8) is 0 Å². The monoisotopic (exact) mass is 314 g/mol. The Morgan fingerprint density at radius 2 is 2.30 bits per heavy atom. The number of amides is 1. The van der Waals surface area contributed by atoms with Crippen molar-refractivity contribution in [3.05, 3.63) is 24.0 Å². The van der Waals surface area contributed by atoms with E-state index in [1.807, 2.05) is 0 Å². The molecule has 9 heteroatoms. The first-order chi connectivity index (χ1) is 9.38. The lowest BCUT2D eigenvalue weighted by Gasteiger charge is -2.11. The van der Waals surface area contributed by atoms with Gasteiger partial charge in [-0.15, -0.1) is 0 Å². The van der Waals surface area contributed by atoms with Crippen molar-refractivity contribution < 1.29 is 13.2 Å². The first-order valence-corrected chi connectivity index (χ1v) is 7.82. The maximum atomic E-state index is 12.0. The van der Waals surface area contributed by atoms with E-state index in [2.05, 4.69) is 15.0 Å². The number of carbonyl (C=O) groups is 1. The van der Waals surface area contributed by atoms with Crippen molar-refractivity contribution in [2.24, 2.45) is 5.73 Å². The summed E-state index contributed by atoms with van der Waals surface area (Å²) in [4.78, 5) is 15.0. The van der Waals surface area contributed by atoms with Crippen LogP contribution in [-0.4, -0.2) is 36.9 Å². The predicted molar refractivity (Wildman–Crippen MR) is 76.5 cm³/mol.